The molecule has 0 amide bonds. The quantitative estimate of drug-likeness (QED) is 0.869. The van der Waals surface area contributed by atoms with Gasteiger partial charge in [-0.3, -0.25) is 0 Å². The van der Waals surface area contributed by atoms with Crippen molar-refractivity contribution in [1.82, 2.24) is 9.55 Å². The molecule has 3 nitrogen and oxygen atoms in total. The van der Waals surface area contributed by atoms with Gasteiger partial charge in [0, 0.05) is 24.4 Å². The molecule has 2 rings (SSSR count). The zero-order valence-corrected chi connectivity index (χ0v) is 11.9. The first kappa shape index (κ1) is 13.6. The second kappa shape index (κ2) is 5.87. The fraction of sp³-hybridized carbons (Fsp3) is 0.800. The summed E-state index contributed by atoms with van der Waals surface area (Å²) in [6, 6.07) is 0. The lowest BCUT2D eigenvalue weighted by molar-refractivity contribution is 0.254. The molecule has 2 N–H and O–H groups in total. The lowest BCUT2D eigenvalue weighted by Crippen LogP contribution is -2.41. The van der Waals surface area contributed by atoms with Crippen molar-refractivity contribution in [2.75, 3.05) is 6.54 Å². The van der Waals surface area contributed by atoms with Crippen molar-refractivity contribution in [2.24, 2.45) is 5.73 Å². The fourth-order valence-corrected chi connectivity index (χ4v) is 3.38. The second-order valence-electron chi connectivity index (χ2n) is 5.66. The third-order valence-electron chi connectivity index (χ3n) is 4.90. The van der Waals surface area contributed by atoms with E-state index in [-0.39, 0.29) is 5.54 Å². The Bertz CT molecular complexity index is 351. The third kappa shape index (κ3) is 2.33. The van der Waals surface area contributed by atoms with E-state index in [1.54, 1.807) is 0 Å². The van der Waals surface area contributed by atoms with Crippen LogP contribution in [0.4, 0.5) is 0 Å². The Labute approximate surface area is 111 Å². The van der Waals surface area contributed by atoms with Gasteiger partial charge in [-0.1, -0.05) is 33.1 Å². The average Bonchev–Trinajstić information content (AvgIpc) is 2.93. The van der Waals surface area contributed by atoms with Crippen LogP contribution in [-0.2, 0) is 5.54 Å². The van der Waals surface area contributed by atoms with Gasteiger partial charge in [0.05, 0.1) is 11.9 Å². The van der Waals surface area contributed by atoms with Crippen LogP contribution in [0.15, 0.2) is 12.5 Å². The van der Waals surface area contributed by atoms with E-state index < -0.39 is 0 Å². The zero-order valence-electron chi connectivity index (χ0n) is 11.9. The molecule has 0 bridgehead atoms. The number of imidazole rings is 1. The van der Waals surface area contributed by atoms with Crippen LogP contribution in [0.25, 0.3) is 0 Å². The smallest absolute Gasteiger partial charge is 0.0953 e. The van der Waals surface area contributed by atoms with Crippen LogP contribution < -0.4 is 5.73 Å². The fourth-order valence-electron chi connectivity index (χ4n) is 3.38. The molecule has 0 unspecified atom stereocenters. The van der Waals surface area contributed by atoms with Crippen molar-refractivity contribution in [3.8, 4) is 0 Å². The Kier molecular flexibility index (Phi) is 4.44. The highest BCUT2D eigenvalue weighted by atomic mass is 15.1. The van der Waals surface area contributed by atoms with Gasteiger partial charge in [0.25, 0.3) is 0 Å². The third-order valence-corrected chi connectivity index (χ3v) is 4.90. The van der Waals surface area contributed by atoms with E-state index in [2.05, 4.69) is 29.6 Å². The maximum absolute atomic E-state index is 6.07. The highest BCUT2D eigenvalue weighted by Gasteiger charge is 2.30. The number of hydrogen-bond donors (Lipinski definition) is 1. The van der Waals surface area contributed by atoms with Crippen LogP contribution in [-0.4, -0.2) is 16.1 Å². The van der Waals surface area contributed by atoms with Crippen LogP contribution in [0.2, 0.25) is 0 Å². The largest absolute Gasteiger partial charge is 0.328 e. The molecule has 1 aliphatic carbocycles. The van der Waals surface area contributed by atoms with Crippen LogP contribution in [0.5, 0.6) is 0 Å². The Morgan fingerprint density at radius 1 is 1.28 bits per heavy atom. The number of rotatable bonds is 5. The molecule has 3 heteroatoms. The minimum Gasteiger partial charge on any atom is -0.328 e. The van der Waals surface area contributed by atoms with Gasteiger partial charge >= 0.3 is 0 Å². The number of hydrogen-bond acceptors (Lipinski definition) is 2. The highest BCUT2D eigenvalue weighted by molar-refractivity contribution is 5.11. The maximum Gasteiger partial charge on any atom is 0.0953 e. The first-order valence-electron chi connectivity index (χ1n) is 7.50. The molecular weight excluding hydrogens is 222 g/mol. The summed E-state index contributed by atoms with van der Waals surface area (Å²) in [6.07, 6.45) is 13.0. The predicted octanol–water partition coefficient (Wildman–Crippen LogP) is 3.40. The van der Waals surface area contributed by atoms with E-state index in [4.69, 9.17) is 5.73 Å². The molecule has 1 saturated carbocycles. The van der Waals surface area contributed by atoms with E-state index in [1.165, 1.54) is 37.8 Å². The SMILES string of the molecule is CCC(CC)(CN)n1cncc1C1CCCCC1. The molecule has 0 spiro atoms. The number of nitrogens with zero attached hydrogens (tertiary/aromatic N) is 2. The summed E-state index contributed by atoms with van der Waals surface area (Å²) >= 11 is 0. The minimum absolute atomic E-state index is 0.0727. The first-order valence-corrected chi connectivity index (χ1v) is 7.50. The maximum atomic E-state index is 6.07. The lowest BCUT2D eigenvalue weighted by atomic mass is 9.85. The van der Waals surface area contributed by atoms with Crippen LogP contribution in [0.3, 0.4) is 0 Å². The van der Waals surface area contributed by atoms with Crippen molar-refractivity contribution in [3.05, 3.63) is 18.2 Å². The van der Waals surface area contributed by atoms with E-state index in [1.807, 2.05) is 6.33 Å². The van der Waals surface area contributed by atoms with Crippen molar-refractivity contribution >= 4 is 0 Å². The van der Waals surface area contributed by atoms with Gasteiger partial charge in [-0.2, -0.15) is 0 Å². The van der Waals surface area contributed by atoms with E-state index in [9.17, 15) is 0 Å². The van der Waals surface area contributed by atoms with Gasteiger partial charge in [-0.25, -0.2) is 4.98 Å². The molecule has 0 aliphatic heterocycles. The molecule has 0 aromatic carbocycles. The Morgan fingerprint density at radius 3 is 2.50 bits per heavy atom. The van der Waals surface area contributed by atoms with Gasteiger partial charge in [0.2, 0.25) is 0 Å². The highest BCUT2D eigenvalue weighted by Crippen LogP contribution is 2.36. The molecule has 1 aliphatic rings. The van der Waals surface area contributed by atoms with Crippen LogP contribution >= 0.6 is 0 Å². The molecule has 18 heavy (non-hydrogen) atoms. The van der Waals surface area contributed by atoms with Gasteiger partial charge in [-0.05, 0) is 25.7 Å². The molecule has 1 heterocycles. The normalized spacial score (nSPS) is 18.2. The van der Waals surface area contributed by atoms with Gasteiger partial charge < -0.3 is 10.3 Å². The van der Waals surface area contributed by atoms with E-state index in [0.29, 0.717) is 12.5 Å². The molecule has 0 radical (unpaired) electrons. The van der Waals surface area contributed by atoms with Crippen molar-refractivity contribution in [3.63, 3.8) is 0 Å². The summed E-state index contributed by atoms with van der Waals surface area (Å²) in [5, 5.41) is 0. The van der Waals surface area contributed by atoms with Gasteiger partial charge in [-0.15, -0.1) is 0 Å². The summed E-state index contributed by atoms with van der Waals surface area (Å²) in [4.78, 5) is 4.41. The van der Waals surface area contributed by atoms with Crippen molar-refractivity contribution in [2.45, 2.75) is 70.3 Å². The van der Waals surface area contributed by atoms with E-state index >= 15 is 0 Å². The predicted molar refractivity (Wildman–Crippen MR) is 75.7 cm³/mol. The molecule has 0 atom stereocenters. The lowest BCUT2D eigenvalue weighted by Gasteiger charge is -2.36. The second-order valence-corrected chi connectivity index (χ2v) is 5.66. The molecule has 1 fully saturated rings. The van der Waals surface area contributed by atoms with E-state index in [0.717, 1.165) is 12.8 Å². The summed E-state index contributed by atoms with van der Waals surface area (Å²) in [5.41, 5.74) is 7.56. The Morgan fingerprint density at radius 2 is 1.94 bits per heavy atom. The Hall–Kier alpha value is -0.830. The van der Waals surface area contributed by atoms with Gasteiger partial charge in [0.1, 0.15) is 0 Å². The van der Waals surface area contributed by atoms with Crippen molar-refractivity contribution in [1.29, 1.82) is 0 Å². The summed E-state index contributed by atoms with van der Waals surface area (Å²) in [7, 11) is 0. The van der Waals surface area contributed by atoms with Gasteiger partial charge in [0.15, 0.2) is 0 Å². The van der Waals surface area contributed by atoms with Crippen molar-refractivity contribution < 1.29 is 0 Å². The summed E-state index contributed by atoms with van der Waals surface area (Å²) in [5.74, 6) is 0.699. The average molecular weight is 249 g/mol. The molecular formula is C15H27N3. The monoisotopic (exact) mass is 249 g/mol. The van der Waals surface area contributed by atoms with Crippen LogP contribution in [0.1, 0.15) is 70.4 Å². The molecule has 1 aromatic rings. The molecule has 1 aromatic heterocycles. The minimum atomic E-state index is 0.0727. The number of nitrogens with two attached hydrogens (primary N) is 1. The Balaban J connectivity index is 2.30. The molecule has 0 saturated heterocycles. The summed E-state index contributed by atoms with van der Waals surface area (Å²) < 4.78 is 2.39. The topological polar surface area (TPSA) is 43.8 Å². The zero-order chi connectivity index (χ0) is 13.0. The number of aromatic nitrogens is 2. The van der Waals surface area contributed by atoms with Crippen LogP contribution in [0, 0.1) is 0 Å². The standard InChI is InChI=1S/C15H27N3/c1-3-15(4-2,11-16)18-12-17-10-14(18)13-8-6-5-7-9-13/h10,12-13H,3-9,11,16H2,1-2H3. The summed E-state index contributed by atoms with van der Waals surface area (Å²) in [6.45, 7) is 5.18. The molecule has 102 valence electrons. The first-order chi connectivity index (χ1) is 8.77.